The van der Waals surface area contributed by atoms with E-state index in [2.05, 4.69) is 34.1 Å². The second kappa shape index (κ2) is 6.12. The van der Waals surface area contributed by atoms with Gasteiger partial charge in [-0.15, -0.1) is 0 Å². The Hall–Kier alpha value is -2.21. The first-order chi connectivity index (χ1) is 10.9. The average Bonchev–Trinajstić information content (AvgIpc) is 3.08. The number of aromatic nitrogens is 4. The van der Waals surface area contributed by atoms with E-state index in [9.17, 15) is 0 Å². The van der Waals surface area contributed by atoms with Gasteiger partial charge in [-0.3, -0.25) is 0 Å². The minimum Gasteiger partial charge on any atom is -0.340 e. The number of halogens is 1. The Morgan fingerprint density at radius 2 is 1.83 bits per heavy atom. The van der Waals surface area contributed by atoms with Gasteiger partial charge in [-0.25, -0.2) is 0 Å². The van der Waals surface area contributed by atoms with Gasteiger partial charge in [0.15, 0.2) is 11.6 Å². The largest absolute Gasteiger partial charge is 0.340 e. The van der Waals surface area contributed by atoms with Crippen molar-refractivity contribution in [2.75, 3.05) is 0 Å². The smallest absolute Gasteiger partial charge is 0.232 e. The standard InChI is InChI=1S/C16H17ClN4O2/c1-10-18-13(20-22-10)8-14-19-15(23-21-14)16(2,3)9-11-5-4-6-12(17)7-11/h4-7H,8-9H2,1-3H3. The summed E-state index contributed by atoms with van der Waals surface area (Å²) in [4.78, 5) is 8.61. The molecule has 0 bridgehead atoms. The van der Waals surface area contributed by atoms with Crippen molar-refractivity contribution in [2.24, 2.45) is 0 Å². The number of benzene rings is 1. The lowest BCUT2D eigenvalue weighted by molar-refractivity contribution is 0.304. The quantitative estimate of drug-likeness (QED) is 0.711. The molecule has 2 aromatic heterocycles. The molecular formula is C16H17ClN4O2. The van der Waals surface area contributed by atoms with Crippen LogP contribution in [0.3, 0.4) is 0 Å². The van der Waals surface area contributed by atoms with Crippen molar-refractivity contribution in [1.29, 1.82) is 0 Å². The number of hydrogen-bond acceptors (Lipinski definition) is 6. The molecule has 0 atom stereocenters. The second-order valence-corrected chi connectivity index (χ2v) is 6.55. The van der Waals surface area contributed by atoms with E-state index >= 15 is 0 Å². The van der Waals surface area contributed by atoms with Crippen LogP contribution in [-0.2, 0) is 18.3 Å². The van der Waals surface area contributed by atoms with Gasteiger partial charge in [0.25, 0.3) is 0 Å². The fraction of sp³-hybridized carbons (Fsp3) is 0.375. The van der Waals surface area contributed by atoms with Gasteiger partial charge in [0.1, 0.15) is 0 Å². The molecule has 0 aliphatic rings. The third kappa shape index (κ3) is 3.76. The van der Waals surface area contributed by atoms with Crippen molar-refractivity contribution in [1.82, 2.24) is 20.3 Å². The van der Waals surface area contributed by atoms with Gasteiger partial charge in [0.2, 0.25) is 11.8 Å². The molecule has 0 aliphatic carbocycles. The van der Waals surface area contributed by atoms with E-state index in [0.29, 0.717) is 29.9 Å². The molecule has 0 spiro atoms. The zero-order valence-electron chi connectivity index (χ0n) is 13.2. The van der Waals surface area contributed by atoms with Gasteiger partial charge in [-0.2, -0.15) is 9.97 Å². The maximum atomic E-state index is 6.04. The SMILES string of the molecule is Cc1nc(Cc2noc(C(C)(C)Cc3cccc(Cl)c3)n2)no1. The molecule has 0 aliphatic heterocycles. The van der Waals surface area contributed by atoms with E-state index in [4.69, 9.17) is 20.6 Å². The molecule has 2 heterocycles. The molecule has 3 aromatic rings. The first-order valence-corrected chi connectivity index (χ1v) is 7.67. The van der Waals surface area contributed by atoms with Crippen LogP contribution in [0.5, 0.6) is 0 Å². The van der Waals surface area contributed by atoms with Crippen LogP contribution in [0.25, 0.3) is 0 Å². The predicted octanol–water partition coefficient (Wildman–Crippen LogP) is 3.53. The van der Waals surface area contributed by atoms with Crippen LogP contribution in [0.4, 0.5) is 0 Å². The summed E-state index contributed by atoms with van der Waals surface area (Å²) in [6.45, 7) is 5.86. The highest BCUT2D eigenvalue weighted by molar-refractivity contribution is 6.30. The van der Waals surface area contributed by atoms with Gasteiger partial charge in [0, 0.05) is 17.4 Å². The highest BCUT2D eigenvalue weighted by atomic mass is 35.5. The summed E-state index contributed by atoms with van der Waals surface area (Å²) in [7, 11) is 0. The van der Waals surface area contributed by atoms with E-state index in [-0.39, 0.29) is 5.41 Å². The lowest BCUT2D eigenvalue weighted by Crippen LogP contribution is -2.21. The molecule has 7 heteroatoms. The highest BCUT2D eigenvalue weighted by Crippen LogP contribution is 2.27. The van der Waals surface area contributed by atoms with Crippen molar-refractivity contribution in [3.05, 3.63) is 58.3 Å². The van der Waals surface area contributed by atoms with Crippen LogP contribution < -0.4 is 0 Å². The summed E-state index contributed by atoms with van der Waals surface area (Å²) < 4.78 is 10.4. The molecule has 3 rings (SSSR count). The molecule has 0 saturated heterocycles. The predicted molar refractivity (Wildman–Crippen MR) is 84.3 cm³/mol. The Morgan fingerprint density at radius 3 is 2.52 bits per heavy atom. The second-order valence-electron chi connectivity index (χ2n) is 6.11. The van der Waals surface area contributed by atoms with Crippen molar-refractivity contribution in [2.45, 2.75) is 39.0 Å². The minimum absolute atomic E-state index is 0.302. The van der Waals surface area contributed by atoms with Crippen molar-refractivity contribution in [3.63, 3.8) is 0 Å². The van der Waals surface area contributed by atoms with E-state index < -0.39 is 0 Å². The van der Waals surface area contributed by atoms with Gasteiger partial charge < -0.3 is 9.05 Å². The molecule has 23 heavy (non-hydrogen) atoms. The van der Waals surface area contributed by atoms with Crippen molar-refractivity contribution >= 4 is 11.6 Å². The molecule has 0 radical (unpaired) electrons. The Bertz CT molecular complexity index is 810. The molecule has 0 N–H and O–H groups in total. The summed E-state index contributed by atoms with van der Waals surface area (Å²) in [5.74, 6) is 2.18. The summed E-state index contributed by atoms with van der Waals surface area (Å²) in [5.41, 5.74) is 0.819. The Kier molecular flexibility index (Phi) is 4.17. The number of rotatable bonds is 5. The summed E-state index contributed by atoms with van der Waals surface area (Å²) in [5, 5.41) is 8.57. The Balaban J connectivity index is 1.75. The molecule has 1 aromatic carbocycles. The normalized spacial score (nSPS) is 11.8. The van der Waals surface area contributed by atoms with E-state index in [1.165, 1.54) is 0 Å². The van der Waals surface area contributed by atoms with Gasteiger partial charge in [0.05, 0.1) is 6.42 Å². The monoisotopic (exact) mass is 332 g/mol. The Morgan fingerprint density at radius 1 is 1.09 bits per heavy atom. The fourth-order valence-electron chi connectivity index (χ4n) is 2.39. The van der Waals surface area contributed by atoms with Gasteiger partial charge >= 0.3 is 0 Å². The van der Waals surface area contributed by atoms with Crippen LogP contribution in [0, 0.1) is 6.92 Å². The summed E-state index contributed by atoms with van der Waals surface area (Å²) >= 11 is 6.04. The lowest BCUT2D eigenvalue weighted by Gasteiger charge is -2.19. The van der Waals surface area contributed by atoms with Crippen LogP contribution >= 0.6 is 11.6 Å². The average molecular weight is 333 g/mol. The van der Waals surface area contributed by atoms with Crippen LogP contribution in [-0.4, -0.2) is 20.3 Å². The third-order valence-electron chi connectivity index (χ3n) is 3.47. The topological polar surface area (TPSA) is 77.8 Å². The molecule has 6 nitrogen and oxygen atoms in total. The fourth-order valence-corrected chi connectivity index (χ4v) is 2.60. The van der Waals surface area contributed by atoms with Crippen molar-refractivity contribution in [3.8, 4) is 0 Å². The highest BCUT2D eigenvalue weighted by Gasteiger charge is 2.28. The zero-order chi connectivity index (χ0) is 16.4. The van der Waals surface area contributed by atoms with E-state index in [1.54, 1.807) is 6.92 Å². The first kappa shape index (κ1) is 15.7. The van der Waals surface area contributed by atoms with Crippen LogP contribution in [0.2, 0.25) is 5.02 Å². The van der Waals surface area contributed by atoms with Crippen LogP contribution in [0.15, 0.2) is 33.3 Å². The Labute approximate surface area is 138 Å². The maximum absolute atomic E-state index is 6.04. The number of hydrogen-bond donors (Lipinski definition) is 0. The zero-order valence-corrected chi connectivity index (χ0v) is 14.0. The molecular weight excluding hydrogens is 316 g/mol. The summed E-state index contributed by atoms with van der Waals surface area (Å²) in [6, 6.07) is 7.77. The lowest BCUT2D eigenvalue weighted by atomic mass is 9.85. The molecule has 0 amide bonds. The van der Waals surface area contributed by atoms with Gasteiger partial charge in [-0.1, -0.05) is 47.9 Å². The number of nitrogens with zero attached hydrogens (tertiary/aromatic N) is 4. The first-order valence-electron chi connectivity index (χ1n) is 7.29. The molecule has 0 saturated carbocycles. The molecule has 0 unspecified atom stereocenters. The third-order valence-corrected chi connectivity index (χ3v) is 3.70. The van der Waals surface area contributed by atoms with E-state index in [0.717, 1.165) is 17.0 Å². The summed E-state index contributed by atoms with van der Waals surface area (Å²) in [6.07, 6.45) is 1.13. The van der Waals surface area contributed by atoms with Gasteiger partial charge in [-0.05, 0) is 24.1 Å². The number of aryl methyl sites for hydroxylation is 1. The van der Waals surface area contributed by atoms with Crippen molar-refractivity contribution < 1.29 is 9.05 Å². The molecule has 0 fully saturated rings. The molecule has 120 valence electrons. The van der Waals surface area contributed by atoms with E-state index in [1.807, 2.05) is 24.3 Å². The minimum atomic E-state index is -0.302. The van der Waals surface area contributed by atoms with Crippen LogP contribution in [0.1, 0.15) is 42.8 Å². The maximum Gasteiger partial charge on any atom is 0.232 e.